The topological polar surface area (TPSA) is 80.0 Å². The number of benzene rings is 2. The summed E-state index contributed by atoms with van der Waals surface area (Å²) < 4.78 is 13.2. The van der Waals surface area contributed by atoms with Gasteiger partial charge in [0, 0.05) is 12.2 Å². The molecule has 0 aliphatic carbocycles. The van der Waals surface area contributed by atoms with Crippen molar-refractivity contribution in [1.29, 1.82) is 0 Å². The Morgan fingerprint density at radius 3 is 2.47 bits per heavy atom. The summed E-state index contributed by atoms with van der Waals surface area (Å²) in [5.74, 6) is 0.969. The number of carbonyl (C=O) groups excluding carboxylic acids is 2. The van der Waals surface area contributed by atoms with Crippen LogP contribution in [0.2, 0.25) is 0 Å². The SMILES string of the molecule is COc1ccccc1NC(=O)N(CC(=O)N1c2ccccc2-n2cccc2C1c1ccco1)C(C)C. The van der Waals surface area contributed by atoms with Crippen molar-refractivity contribution < 1.29 is 18.7 Å². The zero-order chi connectivity index (χ0) is 25.2. The largest absolute Gasteiger partial charge is 0.495 e. The standard InChI is InChI=1S/C28H28N4O4/c1-19(2)31(28(34)29-20-10-4-7-14-24(20)35-3)18-26(33)32-22-12-6-5-11-21(22)30-16-8-13-23(30)27(32)25-15-9-17-36-25/h4-17,19,27H,18H2,1-3H3,(H,29,34). The van der Waals surface area contributed by atoms with Crippen LogP contribution in [0.3, 0.4) is 0 Å². The van der Waals surface area contributed by atoms with Gasteiger partial charge >= 0.3 is 6.03 Å². The van der Waals surface area contributed by atoms with Crippen LogP contribution < -0.4 is 15.0 Å². The molecule has 0 saturated carbocycles. The predicted octanol–water partition coefficient (Wildman–Crippen LogP) is 5.46. The van der Waals surface area contributed by atoms with Crippen molar-refractivity contribution in [3.63, 3.8) is 0 Å². The van der Waals surface area contributed by atoms with Crippen LogP contribution in [0.25, 0.3) is 5.69 Å². The third kappa shape index (κ3) is 4.11. The summed E-state index contributed by atoms with van der Waals surface area (Å²) in [6, 6.07) is 21.5. The van der Waals surface area contributed by atoms with Crippen molar-refractivity contribution in [1.82, 2.24) is 9.47 Å². The van der Waals surface area contributed by atoms with E-state index >= 15 is 0 Å². The molecule has 3 amide bonds. The maximum absolute atomic E-state index is 14.0. The maximum Gasteiger partial charge on any atom is 0.322 e. The van der Waals surface area contributed by atoms with Crippen LogP contribution >= 0.6 is 0 Å². The van der Waals surface area contributed by atoms with Gasteiger partial charge in [-0.2, -0.15) is 0 Å². The number of methoxy groups -OCH3 is 1. The van der Waals surface area contributed by atoms with Crippen molar-refractivity contribution >= 4 is 23.3 Å². The first-order valence-electron chi connectivity index (χ1n) is 11.8. The molecule has 1 aliphatic rings. The number of urea groups is 1. The Hall–Kier alpha value is -4.46. The van der Waals surface area contributed by atoms with E-state index in [1.807, 2.05) is 80.7 Å². The second-order valence-electron chi connectivity index (χ2n) is 8.83. The van der Waals surface area contributed by atoms with Gasteiger partial charge in [-0.1, -0.05) is 24.3 Å². The molecule has 184 valence electrons. The lowest BCUT2D eigenvalue weighted by Crippen LogP contribution is -2.49. The number of fused-ring (bicyclic) bond motifs is 3. The van der Waals surface area contributed by atoms with Gasteiger partial charge < -0.3 is 23.9 Å². The first kappa shape index (κ1) is 23.3. The van der Waals surface area contributed by atoms with Gasteiger partial charge in [0.15, 0.2) is 0 Å². The number of para-hydroxylation sites is 4. The van der Waals surface area contributed by atoms with Crippen molar-refractivity contribution in [2.24, 2.45) is 0 Å². The van der Waals surface area contributed by atoms with E-state index in [9.17, 15) is 9.59 Å². The van der Waals surface area contributed by atoms with Gasteiger partial charge in [-0.25, -0.2) is 4.79 Å². The van der Waals surface area contributed by atoms with Gasteiger partial charge in [0.05, 0.1) is 36.1 Å². The molecule has 2 aromatic heterocycles. The fraction of sp³-hybridized carbons (Fsp3) is 0.214. The normalized spacial score (nSPS) is 14.2. The molecule has 2 aromatic carbocycles. The van der Waals surface area contributed by atoms with Crippen LogP contribution in [0.4, 0.5) is 16.2 Å². The molecule has 3 heterocycles. The summed E-state index contributed by atoms with van der Waals surface area (Å²) in [5.41, 5.74) is 3.09. The molecule has 5 rings (SSSR count). The highest BCUT2D eigenvalue weighted by Gasteiger charge is 2.38. The molecule has 0 radical (unpaired) electrons. The molecular formula is C28H28N4O4. The minimum atomic E-state index is -0.469. The molecule has 0 fully saturated rings. The third-order valence-electron chi connectivity index (χ3n) is 6.34. The lowest BCUT2D eigenvalue weighted by atomic mass is 10.0. The third-order valence-corrected chi connectivity index (χ3v) is 6.34. The zero-order valence-corrected chi connectivity index (χ0v) is 20.4. The van der Waals surface area contributed by atoms with Gasteiger partial charge in [0.25, 0.3) is 0 Å². The number of nitrogens with zero attached hydrogens (tertiary/aromatic N) is 3. The Labute approximate surface area is 209 Å². The number of nitrogens with one attached hydrogen (secondary N) is 1. The van der Waals surface area contributed by atoms with Gasteiger partial charge in [-0.3, -0.25) is 9.69 Å². The van der Waals surface area contributed by atoms with Crippen molar-refractivity contribution in [2.45, 2.75) is 25.9 Å². The van der Waals surface area contributed by atoms with Gasteiger partial charge in [-0.15, -0.1) is 0 Å². The number of carbonyl (C=O) groups is 2. The quantitative estimate of drug-likeness (QED) is 0.394. The molecule has 1 N–H and O–H groups in total. The summed E-state index contributed by atoms with van der Waals surface area (Å²) in [6.07, 6.45) is 3.58. The zero-order valence-electron chi connectivity index (χ0n) is 20.4. The number of ether oxygens (including phenoxy) is 1. The number of hydrogen-bond acceptors (Lipinski definition) is 4. The first-order chi connectivity index (χ1) is 17.5. The van der Waals surface area contributed by atoms with E-state index in [0.717, 1.165) is 17.1 Å². The summed E-state index contributed by atoms with van der Waals surface area (Å²) >= 11 is 0. The van der Waals surface area contributed by atoms with Crippen LogP contribution in [-0.2, 0) is 4.79 Å². The monoisotopic (exact) mass is 484 g/mol. The van der Waals surface area contributed by atoms with Crippen LogP contribution in [0.5, 0.6) is 5.75 Å². The summed E-state index contributed by atoms with van der Waals surface area (Å²) in [6.45, 7) is 3.65. The second kappa shape index (κ2) is 9.65. The molecule has 0 spiro atoms. The van der Waals surface area contributed by atoms with Gasteiger partial charge in [0.2, 0.25) is 5.91 Å². The Kier molecular flexibility index (Phi) is 6.25. The van der Waals surface area contributed by atoms with Crippen LogP contribution in [0.1, 0.15) is 31.3 Å². The highest BCUT2D eigenvalue weighted by Crippen LogP contribution is 2.42. The predicted molar refractivity (Wildman–Crippen MR) is 138 cm³/mol. The van der Waals surface area contributed by atoms with E-state index in [-0.39, 0.29) is 24.5 Å². The van der Waals surface area contributed by atoms with E-state index in [1.165, 1.54) is 4.90 Å². The van der Waals surface area contributed by atoms with Crippen LogP contribution in [0, 0.1) is 0 Å². The molecule has 0 bridgehead atoms. The molecule has 1 atom stereocenters. The number of rotatable bonds is 6. The molecular weight excluding hydrogens is 456 g/mol. The van der Waals surface area contributed by atoms with Crippen molar-refractivity contribution in [3.8, 4) is 11.4 Å². The minimum Gasteiger partial charge on any atom is -0.495 e. The lowest BCUT2D eigenvalue weighted by Gasteiger charge is -2.38. The highest BCUT2D eigenvalue weighted by molar-refractivity contribution is 6.01. The lowest BCUT2D eigenvalue weighted by molar-refractivity contribution is -0.120. The Bertz CT molecular complexity index is 1380. The Morgan fingerprint density at radius 1 is 1.00 bits per heavy atom. The van der Waals surface area contributed by atoms with E-state index in [0.29, 0.717) is 17.2 Å². The molecule has 1 unspecified atom stereocenters. The fourth-order valence-corrected chi connectivity index (χ4v) is 4.62. The molecule has 0 saturated heterocycles. The van der Waals surface area contributed by atoms with E-state index in [1.54, 1.807) is 30.4 Å². The van der Waals surface area contributed by atoms with Crippen molar-refractivity contribution in [2.75, 3.05) is 23.9 Å². The summed E-state index contributed by atoms with van der Waals surface area (Å²) in [5, 5.41) is 2.89. The highest BCUT2D eigenvalue weighted by atomic mass is 16.5. The molecule has 8 heteroatoms. The van der Waals surface area contributed by atoms with E-state index < -0.39 is 6.04 Å². The van der Waals surface area contributed by atoms with Crippen molar-refractivity contribution in [3.05, 3.63) is 96.7 Å². The number of anilines is 2. The number of amides is 3. The number of furan rings is 1. The maximum atomic E-state index is 14.0. The first-order valence-corrected chi connectivity index (χ1v) is 11.8. The number of aromatic nitrogens is 1. The van der Waals surface area contributed by atoms with Crippen LogP contribution in [-0.4, -0.2) is 41.1 Å². The Morgan fingerprint density at radius 2 is 1.75 bits per heavy atom. The average molecular weight is 485 g/mol. The molecule has 36 heavy (non-hydrogen) atoms. The minimum absolute atomic E-state index is 0.120. The smallest absolute Gasteiger partial charge is 0.322 e. The molecule has 4 aromatic rings. The Balaban J connectivity index is 1.49. The second-order valence-corrected chi connectivity index (χ2v) is 8.83. The fourth-order valence-electron chi connectivity index (χ4n) is 4.62. The number of hydrogen-bond donors (Lipinski definition) is 1. The van der Waals surface area contributed by atoms with Gasteiger partial charge in [0.1, 0.15) is 24.1 Å². The summed E-state index contributed by atoms with van der Waals surface area (Å²) in [4.78, 5) is 30.6. The van der Waals surface area contributed by atoms with E-state index in [4.69, 9.17) is 9.15 Å². The molecule has 8 nitrogen and oxygen atoms in total. The molecule has 1 aliphatic heterocycles. The van der Waals surface area contributed by atoms with Gasteiger partial charge in [-0.05, 0) is 62.4 Å². The summed E-state index contributed by atoms with van der Waals surface area (Å²) in [7, 11) is 1.55. The average Bonchev–Trinajstić information content (AvgIpc) is 3.59. The van der Waals surface area contributed by atoms with Crippen LogP contribution in [0.15, 0.2) is 89.7 Å². The van der Waals surface area contributed by atoms with E-state index in [2.05, 4.69) is 9.88 Å².